The molecule has 0 amide bonds. The van der Waals surface area contributed by atoms with Crippen molar-refractivity contribution in [1.29, 1.82) is 0 Å². The smallest absolute Gasteiger partial charge is 0.310 e. The predicted octanol–water partition coefficient (Wildman–Crippen LogP) is 6.21. The molecule has 0 saturated carbocycles. The molecule has 3 aliphatic rings. The second kappa shape index (κ2) is 27.2. The highest BCUT2D eigenvalue weighted by Crippen LogP contribution is 2.24. The van der Waals surface area contributed by atoms with Crippen LogP contribution in [0.25, 0.3) is 0 Å². The largest absolute Gasteiger partial charge is 0.457 e. The minimum Gasteiger partial charge on any atom is -0.457 e. The maximum Gasteiger partial charge on any atom is 0.310 e. The maximum absolute atomic E-state index is 11.3. The molecule has 3 rings (SSSR count). The van der Waals surface area contributed by atoms with E-state index in [0.717, 1.165) is 25.7 Å². The van der Waals surface area contributed by atoms with Gasteiger partial charge in [0.15, 0.2) is 18.9 Å². The Balaban J connectivity index is 0.000000371. The van der Waals surface area contributed by atoms with Crippen molar-refractivity contribution in [2.75, 3.05) is 39.6 Å². The molecule has 0 bridgehead atoms. The summed E-state index contributed by atoms with van der Waals surface area (Å²) in [6, 6.07) is 0. The zero-order chi connectivity index (χ0) is 36.4. The molecule has 0 aliphatic carbocycles. The Morgan fingerprint density at radius 2 is 1.02 bits per heavy atom. The van der Waals surface area contributed by atoms with Crippen LogP contribution in [0.3, 0.4) is 0 Å². The van der Waals surface area contributed by atoms with Crippen LogP contribution < -0.4 is 0 Å². The summed E-state index contributed by atoms with van der Waals surface area (Å²) in [5.41, 5.74) is 0. The average molecular weight is 699 g/mol. The van der Waals surface area contributed by atoms with Gasteiger partial charge in [0.05, 0.1) is 58.9 Å². The molecule has 3 heterocycles. The first-order valence-corrected chi connectivity index (χ1v) is 17.7. The van der Waals surface area contributed by atoms with Crippen LogP contribution in [0.1, 0.15) is 92.4 Å². The topological polar surface area (TPSA) is 134 Å². The van der Waals surface area contributed by atoms with Crippen molar-refractivity contribution in [2.24, 2.45) is 11.8 Å². The number of hydrogen-bond donors (Lipinski definition) is 0. The van der Waals surface area contributed by atoms with E-state index in [9.17, 15) is 14.4 Å². The maximum atomic E-state index is 11.3. The predicted molar refractivity (Wildman–Crippen MR) is 184 cm³/mol. The molecule has 0 N–H and O–H groups in total. The normalized spacial score (nSPS) is 25.6. The zero-order valence-electron chi connectivity index (χ0n) is 30.5. The van der Waals surface area contributed by atoms with E-state index in [1.165, 1.54) is 31.1 Å². The van der Waals surface area contributed by atoms with Gasteiger partial charge in [0, 0.05) is 11.8 Å². The number of hydrogen-bond acceptors (Lipinski definition) is 12. The van der Waals surface area contributed by atoms with Gasteiger partial charge in [-0.3, -0.25) is 14.4 Å². The summed E-state index contributed by atoms with van der Waals surface area (Å²) in [5, 5.41) is 0. The van der Waals surface area contributed by atoms with E-state index < -0.39 is 0 Å². The van der Waals surface area contributed by atoms with Crippen molar-refractivity contribution < 1.29 is 57.0 Å². The molecule has 12 heteroatoms. The molecule has 3 aliphatic heterocycles. The third-order valence-corrected chi connectivity index (χ3v) is 7.46. The van der Waals surface area contributed by atoms with Crippen molar-refractivity contribution in [1.82, 2.24) is 0 Å². The van der Waals surface area contributed by atoms with Crippen molar-refractivity contribution in [3.63, 3.8) is 0 Å². The van der Waals surface area contributed by atoms with Crippen molar-refractivity contribution in [3.05, 3.63) is 38.0 Å². The summed E-state index contributed by atoms with van der Waals surface area (Å²) in [7, 11) is 0. The highest BCUT2D eigenvalue weighted by molar-refractivity contribution is 5.72. The van der Waals surface area contributed by atoms with Crippen LogP contribution in [0, 0.1) is 11.8 Å². The highest BCUT2D eigenvalue weighted by Gasteiger charge is 2.30. The van der Waals surface area contributed by atoms with Gasteiger partial charge in [0.25, 0.3) is 0 Å². The summed E-state index contributed by atoms with van der Waals surface area (Å²) in [5.74, 6) is -0.0929. The quantitative estimate of drug-likeness (QED) is 0.0971. The fraction of sp³-hybridized carbons (Fsp3) is 0.757. The Morgan fingerprint density at radius 3 is 1.35 bits per heavy atom. The SMILES string of the molecule is C=CCC(=O)OC1COC(C(C)C)OC1.C=CCC(=O)OC1COC(C(CC)CCCC)OC1.C=CCC(=O)OC1COC(CCC)OC1. The molecule has 0 spiro atoms. The molecule has 1 atom stereocenters. The molecule has 0 aromatic heterocycles. The van der Waals surface area contributed by atoms with Crippen LogP contribution in [0.5, 0.6) is 0 Å². The van der Waals surface area contributed by atoms with Crippen LogP contribution >= 0.6 is 0 Å². The zero-order valence-corrected chi connectivity index (χ0v) is 30.5. The fourth-order valence-corrected chi connectivity index (χ4v) is 4.84. The van der Waals surface area contributed by atoms with Crippen LogP contribution in [0.2, 0.25) is 0 Å². The fourth-order valence-electron chi connectivity index (χ4n) is 4.84. The molecule has 0 aromatic carbocycles. The van der Waals surface area contributed by atoms with Gasteiger partial charge in [-0.2, -0.15) is 0 Å². The first-order chi connectivity index (χ1) is 23.6. The molecule has 3 saturated heterocycles. The highest BCUT2D eigenvalue weighted by atomic mass is 16.7. The monoisotopic (exact) mass is 698 g/mol. The lowest BCUT2D eigenvalue weighted by molar-refractivity contribution is -0.244. The Bertz CT molecular complexity index is 930. The Labute approximate surface area is 293 Å². The van der Waals surface area contributed by atoms with Crippen LogP contribution in [-0.4, -0.2) is 94.7 Å². The van der Waals surface area contributed by atoms with Crippen LogP contribution in [0.15, 0.2) is 38.0 Å². The standard InChI is InChI=1S/C15H26O4.2C11H18O4/c1-4-7-9-12(6-3)15-17-10-13(11-18-15)19-14(16)8-5-2;1-4-5-10(12)15-9-6-13-11(8(2)3)14-7-9;1-3-5-10(12)15-9-7-13-11(6-4-2)14-8-9/h5,12-13,15H,2,4,6-11H2,1,3H3;4,8-9,11H,1,5-7H2,2-3H3;3,9,11H,1,4-8H2,2H3. The summed E-state index contributed by atoms with van der Waals surface area (Å²) >= 11 is 0. The molecular weight excluding hydrogens is 636 g/mol. The summed E-state index contributed by atoms with van der Waals surface area (Å²) in [6.07, 6.45) is 10.4. The second-order valence-corrected chi connectivity index (χ2v) is 12.3. The lowest BCUT2D eigenvalue weighted by atomic mass is 9.98. The number of ether oxygens (including phenoxy) is 9. The number of esters is 3. The molecule has 49 heavy (non-hydrogen) atoms. The van der Waals surface area contributed by atoms with Crippen molar-refractivity contribution >= 4 is 17.9 Å². The number of carbonyl (C=O) groups excluding carboxylic acids is 3. The van der Waals surface area contributed by atoms with Gasteiger partial charge in [0.1, 0.15) is 18.3 Å². The molecule has 1 unspecified atom stereocenters. The Morgan fingerprint density at radius 1 is 0.633 bits per heavy atom. The third-order valence-electron chi connectivity index (χ3n) is 7.46. The number of unbranched alkanes of at least 4 members (excludes halogenated alkanes) is 1. The number of carbonyl (C=O) groups is 3. The Hall–Kier alpha value is -2.61. The van der Waals surface area contributed by atoms with Gasteiger partial charge in [-0.15, -0.1) is 19.7 Å². The van der Waals surface area contributed by atoms with Gasteiger partial charge < -0.3 is 42.6 Å². The lowest BCUT2D eigenvalue weighted by Crippen LogP contribution is -2.41. The van der Waals surface area contributed by atoms with E-state index in [1.807, 2.05) is 13.8 Å². The van der Waals surface area contributed by atoms with E-state index in [1.54, 1.807) is 0 Å². The van der Waals surface area contributed by atoms with Crippen molar-refractivity contribution in [3.8, 4) is 0 Å². The minimum atomic E-state index is -0.287. The molecule has 0 aromatic rings. The third kappa shape index (κ3) is 20.0. The van der Waals surface area contributed by atoms with E-state index in [-0.39, 0.29) is 74.4 Å². The summed E-state index contributed by atoms with van der Waals surface area (Å²) in [4.78, 5) is 33.6. The molecule has 3 fully saturated rings. The summed E-state index contributed by atoms with van der Waals surface area (Å²) in [6.45, 7) is 23.4. The minimum absolute atomic E-state index is 0.135. The molecular formula is C37H62O12. The first kappa shape index (κ1) is 44.4. The van der Waals surface area contributed by atoms with E-state index in [0.29, 0.717) is 51.5 Å². The van der Waals surface area contributed by atoms with Gasteiger partial charge >= 0.3 is 17.9 Å². The Kier molecular flexibility index (Phi) is 24.6. The molecule has 12 nitrogen and oxygen atoms in total. The van der Waals surface area contributed by atoms with Gasteiger partial charge in [-0.05, 0) is 19.3 Å². The van der Waals surface area contributed by atoms with E-state index in [4.69, 9.17) is 42.6 Å². The van der Waals surface area contributed by atoms with Gasteiger partial charge in [0.2, 0.25) is 0 Å². The molecule has 282 valence electrons. The van der Waals surface area contributed by atoms with E-state index >= 15 is 0 Å². The summed E-state index contributed by atoms with van der Waals surface area (Å²) < 4.78 is 48.4. The average Bonchev–Trinajstić information content (AvgIpc) is 3.08. The van der Waals surface area contributed by atoms with E-state index in [2.05, 4.69) is 40.5 Å². The first-order valence-electron chi connectivity index (χ1n) is 17.7. The second-order valence-electron chi connectivity index (χ2n) is 12.3. The van der Waals surface area contributed by atoms with Gasteiger partial charge in [-0.25, -0.2) is 0 Å². The van der Waals surface area contributed by atoms with Crippen molar-refractivity contribution in [2.45, 2.75) is 130 Å². The van der Waals surface area contributed by atoms with Crippen LogP contribution in [0.4, 0.5) is 0 Å². The molecule has 0 radical (unpaired) electrons. The van der Waals surface area contributed by atoms with Crippen LogP contribution in [-0.2, 0) is 57.0 Å². The van der Waals surface area contributed by atoms with Gasteiger partial charge in [-0.1, -0.05) is 72.1 Å². The lowest BCUT2D eigenvalue weighted by Gasteiger charge is -2.33. The number of rotatable bonds is 17.